The topological polar surface area (TPSA) is 12.0 Å². The molecule has 0 heterocycles. The maximum atomic E-state index is 3.62. The van der Waals surface area contributed by atoms with E-state index in [-0.39, 0.29) is 0 Å². The Bertz CT molecular complexity index is 129. The number of rotatable bonds is 7. The van der Waals surface area contributed by atoms with Gasteiger partial charge in [-0.2, -0.15) is 0 Å². The Morgan fingerprint density at radius 1 is 1.31 bits per heavy atom. The monoisotopic (exact) mass is 183 g/mol. The van der Waals surface area contributed by atoms with Crippen molar-refractivity contribution in [3.05, 3.63) is 0 Å². The zero-order chi connectivity index (χ0) is 9.68. The summed E-state index contributed by atoms with van der Waals surface area (Å²) >= 11 is 0. The van der Waals surface area contributed by atoms with Gasteiger partial charge in [-0.25, -0.2) is 0 Å². The lowest BCUT2D eigenvalue weighted by molar-refractivity contribution is 0.342. The lowest BCUT2D eigenvalue weighted by atomic mass is 9.94. The largest absolute Gasteiger partial charge is 0.314 e. The molecule has 0 amide bonds. The van der Waals surface area contributed by atoms with Gasteiger partial charge in [0.05, 0.1) is 0 Å². The summed E-state index contributed by atoms with van der Waals surface area (Å²) in [5.41, 5.74) is 0. The quantitative estimate of drug-likeness (QED) is 0.639. The molecule has 78 valence electrons. The molecule has 0 spiro atoms. The van der Waals surface area contributed by atoms with Gasteiger partial charge in [0.25, 0.3) is 0 Å². The van der Waals surface area contributed by atoms with Crippen LogP contribution in [-0.2, 0) is 0 Å². The van der Waals surface area contributed by atoms with E-state index in [9.17, 15) is 0 Å². The highest BCUT2D eigenvalue weighted by atomic mass is 14.9. The first-order valence-electron chi connectivity index (χ1n) is 6.01. The molecular formula is C12H25N. The van der Waals surface area contributed by atoms with Crippen molar-refractivity contribution in [2.24, 2.45) is 11.8 Å². The molecule has 0 saturated heterocycles. The minimum absolute atomic E-state index is 0.774. The predicted molar refractivity (Wildman–Crippen MR) is 58.9 cm³/mol. The molecule has 1 fully saturated rings. The van der Waals surface area contributed by atoms with Gasteiger partial charge in [0.1, 0.15) is 0 Å². The molecule has 0 aromatic carbocycles. The van der Waals surface area contributed by atoms with Gasteiger partial charge in [-0.05, 0) is 31.2 Å². The summed E-state index contributed by atoms with van der Waals surface area (Å²) in [5.74, 6) is 1.93. The van der Waals surface area contributed by atoms with Crippen molar-refractivity contribution in [3.8, 4) is 0 Å². The summed E-state index contributed by atoms with van der Waals surface area (Å²) in [6.45, 7) is 8.01. The van der Waals surface area contributed by atoms with Crippen molar-refractivity contribution < 1.29 is 0 Å². The molecule has 0 radical (unpaired) electrons. The van der Waals surface area contributed by atoms with Crippen LogP contribution in [0.4, 0.5) is 0 Å². The summed E-state index contributed by atoms with van der Waals surface area (Å²) in [6, 6.07) is 0.774. The van der Waals surface area contributed by atoms with Gasteiger partial charge in [0.2, 0.25) is 0 Å². The van der Waals surface area contributed by atoms with E-state index in [1.54, 1.807) is 0 Å². The molecule has 2 atom stereocenters. The molecule has 2 unspecified atom stereocenters. The molecule has 0 aliphatic heterocycles. The van der Waals surface area contributed by atoms with Gasteiger partial charge < -0.3 is 5.32 Å². The summed E-state index contributed by atoms with van der Waals surface area (Å²) < 4.78 is 0. The van der Waals surface area contributed by atoms with Gasteiger partial charge >= 0.3 is 0 Å². The fourth-order valence-electron chi connectivity index (χ4n) is 1.96. The molecule has 1 heteroatoms. The van der Waals surface area contributed by atoms with Crippen molar-refractivity contribution >= 4 is 0 Å². The lowest BCUT2D eigenvalue weighted by Gasteiger charge is -2.23. The van der Waals surface area contributed by atoms with E-state index in [4.69, 9.17) is 0 Å². The molecule has 0 bridgehead atoms. The van der Waals surface area contributed by atoms with Crippen LogP contribution in [-0.4, -0.2) is 12.6 Å². The van der Waals surface area contributed by atoms with Gasteiger partial charge in [0, 0.05) is 6.04 Å². The minimum Gasteiger partial charge on any atom is -0.314 e. The third-order valence-corrected chi connectivity index (χ3v) is 3.38. The van der Waals surface area contributed by atoms with Crippen LogP contribution in [0.25, 0.3) is 0 Å². The second kappa shape index (κ2) is 5.64. The summed E-state index contributed by atoms with van der Waals surface area (Å²) in [7, 11) is 0. The van der Waals surface area contributed by atoms with Crippen LogP contribution in [0, 0.1) is 11.8 Å². The molecule has 1 saturated carbocycles. The van der Waals surface area contributed by atoms with Gasteiger partial charge in [-0.1, -0.05) is 40.0 Å². The smallest absolute Gasteiger partial charge is 0.00925 e. The second-order valence-electron chi connectivity index (χ2n) is 4.57. The summed E-state index contributed by atoms with van der Waals surface area (Å²) in [4.78, 5) is 0. The Morgan fingerprint density at radius 3 is 2.46 bits per heavy atom. The number of hydrogen-bond acceptors (Lipinski definition) is 1. The van der Waals surface area contributed by atoms with E-state index in [1.165, 1.54) is 32.1 Å². The second-order valence-corrected chi connectivity index (χ2v) is 4.57. The summed E-state index contributed by atoms with van der Waals surface area (Å²) in [5, 5.41) is 3.62. The molecule has 1 aliphatic carbocycles. The van der Waals surface area contributed by atoms with Crippen LogP contribution in [0.1, 0.15) is 52.9 Å². The van der Waals surface area contributed by atoms with E-state index in [2.05, 4.69) is 26.1 Å². The average Bonchev–Trinajstić information content (AvgIpc) is 2.94. The van der Waals surface area contributed by atoms with Crippen LogP contribution in [0.5, 0.6) is 0 Å². The van der Waals surface area contributed by atoms with Crippen LogP contribution < -0.4 is 5.32 Å². The normalized spacial score (nSPS) is 21.5. The Labute approximate surface area is 83.3 Å². The molecule has 1 nitrogen and oxygen atoms in total. The van der Waals surface area contributed by atoms with Crippen LogP contribution in [0.3, 0.4) is 0 Å². The lowest BCUT2D eigenvalue weighted by Crippen LogP contribution is -2.34. The number of nitrogens with one attached hydrogen (secondary N) is 1. The fourth-order valence-corrected chi connectivity index (χ4v) is 1.96. The van der Waals surface area contributed by atoms with E-state index in [0.717, 1.165) is 24.4 Å². The van der Waals surface area contributed by atoms with Crippen molar-refractivity contribution in [1.82, 2.24) is 5.32 Å². The van der Waals surface area contributed by atoms with Gasteiger partial charge in [-0.15, -0.1) is 0 Å². The van der Waals surface area contributed by atoms with Crippen molar-refractivity contribution in [1.29, 1.82) is 0 Å². The van der Waals surface area contributed by atoms with Crippen LogP contribution >= 0.6 is 0 Å². The summed E-state index contributed by atoms with van der Waals surface area (Å²) in [6.07, 6.45) is 7.16. The first-order chi connectivity index (χ1) is 6.27. The maximum Gasteiger partial charge on any atom is 0.00925 e. The van der Waals surface area contributed by atoms with E-state index >= 15 is 0 Å². The fraction of sp³-hybridized carbons (Fsp3) is 1.00. The Balaban J connectivity index is 2.18. The molecule has 1 rings (SSSR count). The molecule has 0 aromatic heterocycles. The van der Waals surface area contributed by atoms with E-state index in [1.807, 2.05) is 0 Å². The zero-order valence-electron chi connectivity index (χ0n) is 9.47. The third kappa shape index (κ3) is 4.12. The number of hydrogen-bond donors (Lipinski definition) is 1. The van der Waals surface area contributed by atoms with Crippen LogP contribution in [0.15, 0.2) is 0 Å². The SMILES string of the molecule is CCNC(CCC1CC1)C(C)CC. The minimum atomic E-state index is 0.774. The predicted octanol–water partition coefficient (Wildman–Crippen LogP) is 3.20. The molecule has 13 heavy (non-hydrogen) atoms. The molecule has 1 N–H and O–H groups in total. The zero-order valence-corrected chi connectivity index (χ0v) is 9.47. The Kier molecular flexibility index (Phi) is 4.79. The van der Waals surface area contributed by atoms with Crippen molar-refractivity contribution in [3.63, 3.8) is 0 Å². The highest BCUT2D eigenvalue weighted by molar-refractivity contribution is 4.78. The Morgan fingerprint density at radius 2 is 2.00 bits per heavy atom. The van der Waals surface area contributed by atoms with Gasteiger partial charge in [-0.3, -0.25) is 0 Å². The Hall–Kier alpha value is -0.0400. The van der Waals surface area contributed by atoms with Crippen LogP contribution in [0.2, 0.25) is 0 Å². The highest BCUT2D eigenvalue weighted by Gasteiger charge is 2.23. The first-order valence-corrected chi connectivity index (χ1v) is 6.01. The standard InChI is InChI=1S/C12H25N/c1-4-10(3)12(13-5-2)9-8-11-6-7-11/h10-13H,4-9H2,1-3H3. The molecule has 1 aliphatic rings. The molecular weight excluding hydrogens is 158 g/mol. The molecule has 0 aromatic rings. The first kappa shape index (κ1) is 11.0. The van der Waals surface area contributed by atoms with Crippen molar-refractivity contribution in [2.45, 2.75) is 58.9 Å². The maximum absolute atomic E-state index is 3.62. The average molecular weight is 183 g/mol. The van der Waals surface area contributed by atoms with E-state index in [0.29, 0.717) is 0 Å². The van der Waals surface area contributed by atoms with Gasteiger partial charge in [0.15, 0.2) is 0 Å². The van der Waals surface area contributed by atoms with E-state index < -0.39 is 0 Å². The third-order valence-electron chi connectivity index (χ3n) is 3.38. The van der Waals surface area contributed by atoms with Crippen molar-refractivity contribution in [2.75, 3.05) is 6.54 Å². The highest BCUT2D eigenvalue weighted by Crippen LogP contribution is 2.34.